The predicted octanol–water partition coefficient (Wildman–Crippen LogP) is 4.33. The molecule has 0 aliphatic heterocycles. The number of methoxy groups -OCH3 is 2. The lowest BCUT2D eigenvalue weighted by Crippen LogP contribution is -2.23. The summed E-state index contributed by atoms with van der Waals surface area (Å²) in [6.45, 7) is 0. The number of rotatable bonds is 5. The summed E-state index contributed by atoms with van der Waals surface area (Å²) >= 11 is 17.0. The van der Waals surface area contributed by atoms with Crippen molar-refractivity contribution in [2.45, 2.75) is 0 Å². The highest BCUT2D eigenvalue weighted by Gasteiger charge is 2.03. The number of ether oxygens (including phenoxy) is 2. The summed E-state index contributed by atoms with van der Waals surface area (Å²) < 4.78 is 10.4. The van der Waals surface area contributed by atoms with Gasteiger partial charge in [0.25, 0.3) is 0 Å². The van der Waals surface area contributed by atoms with Crippen molar-refractivity contribution in [2.75, 3.05) is 19.5 Å². The zero-order valence-corrected chi connectivity index (χ0v) is 15.3. The molecule has 24 heavy (non-hydrogen) atoms. The van der Waals surface area contributed by atoms with Crippen molar-refractivity contribution in [3.63, 3.8) is 0 Å². The molecule has 0 saturated heterocycles. The van der Waals surface area contributed by atoms with Crippen LogP contribution in [-0.2, 0) is 0 Å². The molecule has 5 nitrogen and oxygen atoms in total. The second kappa shape index (κ2) is 8.73. The number of benzene rings is 2. The summed E-state index contributed by atoms with van der Waals surface area (Å²) in [7, 11) is 3.16. The van der Waals surface area contributed by atoms with E-state index < -0.39 is 0 Å². The van der Waals surface area contributed by atoms with Crippen molar-refractivity contribution in [2.24, 2.45) is 5.10 Å². The van der Waals surface area contributed by atoms with Gasteiger partial charge in [0.05, 0.1) is 30.5 Å². The third kappa shape index (κ3) is 4.99. The van der Waals surface area contributed by atoms with Crippen LogP contribution in [0.4, 0.5) is 5.69 Å². The van der Waals surface area contributed by atoms with Crippen molar-refractivity contribution >= 4 is 52.4 Å². The minimum atomic E-state index is 0.324. The SMILES string of the molecule is COc1ccc(/C=N/NC(=S)Nc2ccc(Cl)c(Cl)c2)cc1OC. The van der Waals surface area contributed by atoms with Gasteiger partial charge in [0.15, 0.2) is 16.6 Å². The minimum Gasteiger partial charge on any atom is -0.493 e. The summed E-state index contributed by atoms with van der Waals surface area (Å²) in [6.07, 6.45) is 1.62. The average molecular weight is 384 g/mol. The molecule has 2 N–H and O–H groups in total. The van der Waals surface area contributed by atoms with Gasteiger partial charge in [-0.2, -0.15) is 5.10 Å². The van der Waals surface area contributed by atoms with Crippen molar-refractivity contribution in [1.82, 2.24) is 5.43 Å². The van der Waals surface area contributed by atoms with Crippen LogP contribution < -0.4 is 20.2 Å². The van der Waals surface area contributed by atoms with E-state index in [-0.39, 0.29) is 0 Å². The first-order valence-corrected chi connectivity index (χ1v) is 7.97. The summed E-state index contributed by atoms with van der Waals surface area (Å²) in [5.74, 6) is 1.28. The smallest absolute Gasteiger partial charge is 0.191 e. The Morgan fingerprint density at radius 3 is 2.46 bits per heavy atom. The van der Waals surface area contributed by atoms with Crippen molar-refractivity contribution in [3.05, 3.63) is 52.0 Å². The fourth-order valence-corrected chi connectivity index (χ4v) is 2.30. The molecule has 0 heterocycles. The molecule has 2 aromatic rings. The molecule has 0 bridgehead atoms. The molecule has 0 radical (unpaired) electrons. The number of nitrogens with one attached hydrogen (secondary N) is 2. The first kappa shape index (κ1) is 18.3. The Morgan fingerprint density at radius 2 is 1.79 bits per heavy atom. The van der Waals surface area contributed by atoms with E-state index in [1.165, 1.54) is 0 Å². The molecule has 2 rings (SSSR count). The van der Waals surface area contributed by atoms with Crippen molar-refractivity contribution < 1.29 is 9.47 Å². The maximum absolute atomic E-state index is 5.95. The van der Waals surface area contributed by atoms with Crippen LogP contribution in [0.25, 0.3) is 0 Å². The number of hydrazone groups is 1. The van der Waals surface area contributed by atoms with Gasteiger partial charge in [-0.05, 0) is 54.2 Å². The van der Waals surface area contributed by atoms with E-state index >= 15 is 0 Å². The third-order valence-corrected chi connectivity index (χ3v) is 3.90. The number of halogens is 2. The highest BCUT2D eigenvalue weighted by molar-refractivity contribution is 7.80. The number of hydrogen-bond acceptors (Lipinski definition) is 4. The van der Waals surface area contributed by atoms with Gasteiger partial charge in [-0.1, -0.05) is 23.2 Å². The Morgan fingerprint density at radius 1 is 1.04 bits per heavy atom. The standard InChI is InChI=1S/C16H15Cl2N3O2S/c1-22-14-6-3-10(7-15(14)23-2)9-19-21-16(24)20-11-4-5-12(17)13(18)8-11/h3-9H,1-2H3,(H2,20,21,24)/b19-9+. The molecule has 0 aliphatic rings. The largest absolute Gasteiger partial charge is 0.493 e. The molecule has 0 saturated carbocycles. The average Bonchev–Trinajstić information content (AvgIpc) is 2.58. The monoisotopic (exact) mass is 383 g/mol. The number of thiocarbonyl (C=S) groups is 1. The first-order chi connectivity index (χ1) is 11.5. The first-order valence-electron chi connectivity index (χ1n) is 6.80. The lowest BCUT2D eigenvalue weighted by Gasteiger charge is -2.08. The van der Waals surface area contributed by atoms with E-state index in [2.05, 4.69) is 15.8 Å². The zero-order valence-electron chi connectivity index (χ0n) is 13.0. The summed E-state index contributed by atoms with van der Waals surface area (Å²) in [4.78, 5) is 0. The zero-order chi connectivity index (χ0) is 17.5. The van der Waals surface area contributed by atoms with Gasteiger partial charge in [-0.15, -0.1) is 0 Å². The Balaban J connectivity index is 1.95. The molecule has 0 aromatic heterocycles. The Bertz CT molecular complexity index is 769. The van der Waals surface area contributed by atoms with Gasteiger partial charge >= 0.3 is 0 Å². The lowest BCUT2D eigenvalue weighted by molar-refractivity contribution is 0.355. The van der Waals surface area contributed by atoms with Gasteiger partial charge in [0.1, 0.15) is 0 Å². The summed E-state index contributed by atoms with van der Waals surface area (Å²) in [5, 5.41) is 8.28. The van der Waals surface area contributed by atoms with Crippen LogP contribution in [0.2, 0.25) is 10.0 Å². The highest BCUT2D eigenvalue weighted by atomic mass is 35.5. The number of anilines is 1. The summed E-state index contributed by atoms with van der Waals surface area (Å²) in [6, 6.07) is 10.6. The van der Waals surface area contributed by atoms with Gasteiger partial charge in [-0.25, -0.2) is 0 Å². The second-order valence-electron chi connectivity index (χ2n) is 4.57. The van der Waals surface area contributed by atoms with E-state index in [4.69, 9.17) is 44.9 Å². The van der Waals surface area contributed by atoms with Crippen LogP contribution in [0.5, 0.6) is 11.5 Å². The highest BCUT2D eigenvalue weighted by Crippen LogP contribution is 2.27. The van der Waals surface area contributed by atoms with Crippen molar-refractivity contribution in [3.8, 4) is 11.5 Å². The van der Waals surface area contributed by atoms with Crippen LogP contribution in [0.1, 0.15) is 5.56 Å². The Hall–Kier alpha value is -2.02. The fraction of sp³-hybridized carbons (Fsp3) is 0.125. The van der Waals surface area contributed by atoms with E-state index in [0.29, 0.717) is 32.3 Å². The number of hydrogen-bond donors (Lipinski definition) is 2. The molecule has 0 aliphatic carbocycles. The molecule has 0 fully saturated rings. The molecular weight excluding hydrogens is 369 g/mol. The molecule has 0 atom stereocenters. The molecule has 0 amide bonds. The molecule has 2 aromatic carbocycles. The Kier molecular flexibility index (Phi) is 6.66. The topological polar surface area (TPSA) is 54.9 Å². The van der Waals surface area contributed by atoms with Crippen LogP contribution >= 0.6 is 35.4 Å². The van der Waals surface area contributed by atoms with Crippen molar-refractivity contribution in [1.29, 1.82) is 0 Å². The maximum atomic E-state index is 5.95. The van der Waals surface area contributed by atoms with Crippen LogP contribution in [0, 0.1) is 0 Å². The third-order valence-electron chi connectivity index (χ3n) is 2.96. The fourth-order valence-electron chi connectivity index (χ4n) is 1.83. The lowest BCUT2D eigenvalue weighted by atomic mass is 10.2. The Labute approximate surface area is 155 Å². The normalized spacial score (nSPS) is 10.5. The quantitative estimate of drug-likeness (QED) is 0.457. The van der Waals surface area contributed by atoms with Crippen LogP contribution in [0.15, 0.2) is 41.5 Å². The molecule has 126 valence electrons. The van der Waals surface area contributed by atoms with Gasteiger partial charge in [-0.3, -0.25) is 5.43 Å². The summed E-state index contributed by atoms with van der Waals surface area (Å²) in [5.41, 5.74) is 4.26. The van der Waals surface area contributed by atoms with Gasteiger partial charge < -0.3 is 14.8 Å². The van der Waals surface area contributed by atoms with Gasteiger partial charge in [0.2, 0.25) is 0 Å². The minimum absolute atomic E-state index is 0.324. The van der Waals surface area contributed by atoms with E-state index in [1.807, 2.05) is 6.07 Å². The molecule has 8 heteroatoms. The van der Waals surface area contributed by atoms with E-state index in [1.54, 1.807) is 50.8 Å². The van der Waals surface area contributed by atoms with Gasteiger partial charge in [0, 0.05) is 5.69 Å². The second-order valence-corrected chi connectivity index (χ2v) is 5.79. The number of nitrogens with zero attached hydrogens (tertiary/aromatic N) is 1. The maximum Gasteiger partial charge on any atom is 0.191 e. The van der Waals surface area contributed by atoms with E-state index in [0.717, 1.165) is 5.56 Å². The van der Waals surface area contributed by atoms with Crippen LogP contribution in [-0.4, -0.2) is 25.5 Å². The van der Waals surface area contributed by atoms with Crippen LogP contribution in [0.3, 0.4) is 0 Å². The van der Waals surface area contributed by atoms with E-state index in [9.17, 15) is 0 Å². The molecule has 0 unspecified atom stereocenters. The molecule has 0 spiro atoms. The molecular formula is C16H15Cl2N3O2S. The predicted molar refractivity (Wildman–Crippen MR) is 103 cm³/mol.